The van der Waals surface area contributed by atoms with Gasteiger partial charge in [-0.05, 0) is 72.7 Å². The molecule has 0 spiro atoms. The SMILES string of the molecule is CC(C)(C)OC(=O)NCC(=O)c1ccncc1Cc1ccc(I)cc1F. The van der Waals surface area contributed by atoms with Crippen LogP contribution in [-0.2, 0) is 11.2 Å². The Bertz CT molecular complexity index is 819. The minimum absolute atomic E-state index is 0.207. The number of hydrogen-bond donors (Lipinski definition) is 1. The molecule has 0 aliphatic rings. The van der Waals surface area contributed by atoms with Crippen molar-refractivity contribution in [2.75, 3.05) is 6.54 Å². The van der Waals surface area contributed by atoms with Crippen molar-refractivity contribution in [1.82, 2.24) is 10.3 Å². The smallest absolute Gasteiger partial charge is 0.408 e. The van der Waals surface area contributed by atoms with Gasteiger partial charge in [-0.25, -0.2) is 9.18 Å². The molecule has 7 heteroatoms. The van der Waals surface area contributed by atoms with E-state index in [1.165, 1.54) is 18.5 Å². The van der Waals surface area contributed by atoms with E-state index in [0.717, 1.165) is 3.57 Å². The van der Waals surface area contributed by atoms with Crippen molar-refractivity contribution in [1.29, 1.82) is 0 Å². The number of halogens is 2. The van der Waals surface area contributed by atoms with Gasteiger partial charge in [0.1, 0.15) is 11.4 Å². The highest BCUT2D eigenvalue weighted by Crippen LogP contribution is 2.18. The van der Waals surface area contributed by atoms with Crippen LogP contribution in [0, 0.1) is 9.39 Å². The maximum atomic E-state index is 14.1. The van der Waals surface area contributed by atoms with Crippen molar-refractivity contribution in [3.63, 3.8) is 0 Å². The molecule has 0 bridgehead atoms. The van der Waals surface area contributed by atoms with E-state index in [4.69, 9.17) is 4.74 Å². The highest BCUT2D eigenvalue weighted by molar-refractivity contribution is 14.1. The molecule has 0 atom stereocenters. The van der Waals surface area contributed by atoms with E-state index in [0.29, 0.717) is 16.7 Å². The molecule has 2 rings (SSSR count). The summed E-state index contributed by atoms with van der Waals surface area (Å²) in [5.41, 5.74) is 0.835. The maximum Gasteiger partial charge on any atom is 0.408 e. The van der Waals surface area contributed by atoms with Crippen molar-refractivity contribution < 1.29 is 18.7 Å². The number of aromatic nitrogens is 1. The lowest BCUT2D eigenvalue weighted by Crippen LogP contribution is -2.35. The number of nitrogens with zero attached hydrogens (tertiary/aromatic N) is 1. The molecule has 26 heavy (non-hydrogen) atoms. The van der Waals surface area contributed by atoms with E-state index in [1.54, 1.807) is 39.0 Å². The summed E-state index contributed by atoms with van der Waals surface area (Å²) in [6.45, 7) is 5.02. The number of rotatable bonds is 5. The predicted molar refractivity (Wildman–Crippen MR) is 105 cm³/mol. The van der Waals surface area contributed by atoms with Gasteiger partial charge < -0.3 is 10.1 Å². The van der Waals surface area contributed by atoms with Crippen LogP contribution in [0.2, 0.25) is 0 Å². The Balaban J connectivity index is 2.10. The van der Waals surface area contributed by atoms with Crippen molar-refractivity contribution in [3.8, 4) is 0 Å². The van der Waals surface area contributed by atoms with E-state index in [1.807, 2.05) is 22.6 Å². The molecule has 0 fully saturated rings. The topological polar surface area (TPSA) is 68.3 Å². The second-order valence-electron chi connectivity index (χ2n) is 6.72. The number of benzene rings is 1. The average molecular weight is 470 g/mol. The largest absolute Gasteiger partial charge is 0.444 e. The van der Waals surface area contributed by atoms with Crippen molar-refractivity contribution in [2.45, 2.75) is 32.8 Å². The summed E-state index contributed by atoms with van der Waals surface area (Å²) in [5.74, 6) is -0.620. The van der Waals surface area contributed by atoms with Gasteiger partial charge in [-0.1, -0.05) is 6.07 Å². The highest BCUT2D eigenvalue weighted by atomic mass is 127. The Labute approximate surface area is 165 Å². The predicted octanol–water partition coefficient (Wildman–Crippen LogP) is 4.12. The summed E-state index contributed by atoms with van der Waals surface area (Å²) in [7, 11) is 0. The number of nitrogens with one attached hydrogen (secondary N) is 1. The van der Waals surface area contributed by atoms with Crippen LogP contribution in [0.5, 0.6) is 0 Å². The van der Waals surface area contributed by atoms with E-state index >= 15 is 0 Å². The van der Waals surface area contributed by atoms with Gasteiger partial charge >= 0.3 is 6.09 Å². The number of pyridine rings is 1. The lowest BCUT2D eigenvalue weighted by Gasteiger charge is -2.19. The van der Waals surface area contributed by atoms with E-state index < -0.39 is 11.7 Å². The number of carbonyl (C=O) groups is 2. The van der Waals surface area contributed by atoms with E-state index in [9.17, 15) is 14.0 Å². The summed E-state index contributed by atoms with van der Waals surface area (Å²) >= 11 is 2.04. The number of ketones is 1. The van der Waals surface area contributed by atoms with Crippen molar-refractivity contribution in [3.05, 3.63) is 62.7 Å². The number of ether oxygens (including phenoxy) is 1. The van der Waals surface area contributed by atoms with Crippen LogP contribution in [0.15, 0.2) is 36.7 Å². The van der Waals surface area contributed by atoms with Gasteiger partial charge in [0.2, 0.25) is 0 Å². The molecule has 1 heterocycles. The van der Waals surface area contributed by atoms with Gasteiger partial charge in [0.25, 0.3) is 0 Å². The molecule has 2 aromatic rings. The fraction of sp³-hybridized carbons (Fsp3) is 0.316. The van der Waals surface area contributed by atoms with Crippen LogP contribution in [0.4, 0.5) is 9.18 Å². The lowest BCUT2D eigenvalue weighted by molar-refractivity contribution is 0.0520. The van der Waals surface area contributed by atoms with Crippen LogP contribution in [0.25, 0.3) is 0 Å². The number of Topliss-reactive ketones (excluding diaryl/α,β-unsaturated/α-hetero) is 1. The Morgan fingerprint density at radius 3 is 2.62 bits per heavy atom. The number of amides is 1. The summed E-state index contributed by atoms with van der Waals surface area (Å²) in [5, 5.41) is 2.44. The van der Waals surface area contributed by atoms with Crippen LogP contribution < -0.4 is 5.32 Å². The Kier molecular flexibility index (Phi) is 6.69. The van der Waals surface area contributed by atoms with Gasteiger partial charge in [-0.2, -0.15) is 0 Å². The molecule has 0 aliphatic heterocycles. The maximum absolute atomic E-state index is 14.1. The monoisotopic (exact) mass is 470 g/mol. The van der Waals surface area contributed by atoms with Crippen LogP contribution in [0.3, 0.4) is 0 Å². The van der Waals surface area contributed by atoms with Crippen LogP contribution in [-0.4, -0.2) is 29.0 Å². The molecule has 0 saturated heterocycles. The minimum atomic E-state index is -0.662. The zero-order chi connectivity index (χ0) is 19.3. The molecule has 138 valence electrons. The third kappa shape index (κ3) is 6.05. The quantitative estimate of drug-likeness (QED) is 0.528. The van der Waals surface area contributed by atoms with E-state index in [-0.39, 0.29) is 24.6 Å². The molecule has 0 aliphatic carbocycles. The molecular formula is C19H20FIN2O3. The summed E-state index contributed by atoms with van der Waals surface area (Å²) < 4.78 is 20.0. The average Bonchev–Trinajstić information content (AvgIpc) is 2.54. The summed E-state index contributed by atoms with van der Waals surface area (Å²) in [6, 6.07) is 6.51. The molecule has 0 unspecified atom stereocenters. The van der Waals surface area contributed by atoms with Crippen molar-refractivity contribution in [2.24, 2.45) is 0 Å². The van der Waals surface area contributed by atoms with Crippen molar-refractivity contribution >= 4 is 34.5 Å². The molecular weight excluding hydrogens is 450 g/mol. The first kappa shape index (κ1) is 20.3. The zero-order valence-corrected chi connectivity index (χ0v) is 17.0. The molecule has 1 amide bonds. The number of carbonyl (C=O) groups excluding carboxylic acids is 2. The van der Waals surface area contributed by atoms with E-state index in [2.05, 4.69) is 10.3 Å². The van der Waals surface area contributed by atoms with Gasteiger partial charge in [0.05, 0.1) is 6.54 Å². The minimum Gasteiger partial charge on any atom is -0.444 e. The lowest BCUT2D eigenvalue weighted by atomic mass is 9.99. The van der Waals surface area contributed by atoms with Gasteiger partial charge in [-0.3, -0.25) is 9.78 Å². The molecule has 1 aromatic heterocycles. The molecule has 1 N–H and O–H groups in total. The Hall–Kier alpha value is -2.03. The van der Waals surface area contributed by atoms with Crippen LogP contribution >= 0.6 is 22.6 Å². The molecule has 5 nitrogen and oxygen atoms in total. The Morgan fingerprint density at radius 1 is 1.23 bits per heavy atom. The number of hydrogen-bond acceptors (Lipinski definition) is 4. The summed E-state index contributed by atoms with van der Waals surface area (Å²) in [6.07, 6.45) is 2.61. The first-order chi connectivity index (χ1) is 12.2. The third-order valence-electron chi connectivity index (χ3n) is 3.39. The first-order valence-electron chi connectivity index (χ1n) is 8.02. The number of alkyl carbamates (subject to hydrolysis) is 1. The highest BCUT2D eigenvalue weighted by Gasteiger charge is 2.18. The van der Waals surface area contributed by atoms with Gasteiger partial charge in [-0.15, -0.1) is 0 Å². The second kappa shape index (κ2) is 8.57. The van der Waals surface area contributed by atoms with Gasteiger partial charge in [0, 0.05) is 27.9 Å². The molecule has 1 aromatic carbocycles. The third-order valence-corrected chi connectivity index (χ3v) is 4.06. The molecule has 0 radical (unpaired) electrons. The normalized spacial score (nSPS) is 11.1. The zero-order valence-electron chi connectivity index (χ0n) is 14.8. The Morgan fingerprint density at radius 2 is 1.96 bits per heavy atom. The summed E-state index contributed by atoms with van der Waals surface area (Å²) in [4.78, 5) is 28.2. The first-order valence-corrected chi connectivity index (χ1v) is 9.10. The second-order valence-corrected chi connectivity index (χ2v) is 7.97. The van der Waals surface area contributed by atoms with Gasteiger partial charge in [0.15, 0.2) is 5.78 Å². The standard InChI is InChI=1S/C19H20FIN2O3/c1-19(2,3)26-18(25)23-11-17(24)15-6-7-22-10-13(15)8-12-4-5-14(21)9-16(12)20/h4-7,9-10H,8,11H2,1-3H3,(H,23,25). The van der Waals surface area contributed by atoms with Crippen LogP contribution in [0.1, 0.15) is 42.3 Å². The molecule has 0 saturated carbocycles. The fourth-order valence-corrected chi connectivity index (χ4v) is 2.73. The fourth-order valence-electron chi connectivity index (χ4n) is 2.27.